The van der Waals surface area contributed by atoms with E-state index in [1.54, 1.807) is 12.1 Å². The zero-order valence-electron chi connectivity index (χ0n) is 19.8. The quantitative estimate of drug-likeness (QED) is 0.296. The van der Waals surface area contributed by atoms with Crippen LogP contribution in [-0.4, -0.2) is 36.2 Å². The molecule has 0 unspecified atom stereocenters. The Hall–Kier alpha value is -3.08. The molecule has 1 heterocycles. The van der Waals surface area contributed by atoms with Gasteiger partial charge in [-0.2, -0.15) is 0 Å². The number of hydrogen-bond donors (Lipinski definition) is 1. The van der Waals surface area contributed by atoms with E-state index >= 15 is 0 Å². The fourth-order valence-electron chi connectivity index (χ4n) is 4.86. The lowest BCUT2D eigenvalue weighted by atomic mass is 9.90. The summed E-state index contributed by atoms with van der Waals surface area (Å²) in [6.45, 7) is 4.05. The zero-order chi connectivity index (χ0) is 23.3. The van der Waals surface area contributed by atoms with Crippen LogP contribution in [-0.2, 0) is 6.42 Å². The average molecular weight is 492 g/mol. The van der Waals surface area contributed by atoms with Gasteiger partial charge in [-0.3, -0.25) is 4.90 Å². The second kappa shape index (κ2) is 11.6. The first-order valence-corrected chi connectivity index (χ1v) is 12.1. The van der Waals surface area contributed by atoms with Crippen molar-refractivity contribution < 1.29 is 14.2 Å². The van der Waals surface area contributed by atoms with Crippen molar-refractivity contribution >= 4 is 23.2 Å². The molecule has 1 N–H and O–H groups in total. The third kappa shape index (κ3) is 6.14. The van der Waals surface area contributed by atoms with E-state index in [4.69, 9.17) is 4.74 Å². The number of rotatable bonds is 7. The Bertz CT molecular complexity index is 1250. The van der Waals surface area contributed by atoms with E-state index in [-0.39, 0.29) is 24.0 Å². The molecule has 1 aliphatic rings. The number of ether oxygens (including phenoxy) is 1. The summed E-state index contributed by atoms with van der Waals surface area (Å²) in [5, 5.41) is 12.0. The third-order valence-electron chi connectivity index (χ3n) is 6.70. The third-order valence-corrected chi connectivity index (χ3v) is 6.70. The van der Waals surface area contributed by atoms with Crippen LogP contribution in [0.4, 0.5) is 4.39 Å². The number of fused-ring (bicyclic) bond motifs is 1. The molecular formula is C30H31ClFNO2. The van der Waals surface area contributed by atoms with E-state index in [1.807, 2.05) is 36.4 Å². The van der Waals surface area contributed by atoms with Crippen molar-refractivity contribution in [1.82, 2.24) is 4.90 Å². The smallest absolute Gasteiger partial charge is 0.123 e. The Morgan fingerprint density at radius 1 is 0.829 bits per heavy atom. The summed E-state index contributed by atoms with van der Waals surface area (Å²) in [6.07, 6.45) is 4.66. The van der Waals surface area contributed by atoms with E-state index in [2.05, 4.69) is 23.1 Å². The van der Waals surface area contributed by atoms with E-state index in [1.165, 1.54) is 50.0 Å². The van der Waals surface area contributed by atoms with E-state index in [9.17, 15) is 9.50 Å². The number of halogens is 2. The minimum absolute atomic E-state index is 0. The molecule has 4 aromatic carbocycles. The molecule has 1 fully saturated rings. The van der Waals surface area contributed by atoms with Crippen molar-refractivity contribution in [1.29, 1.82) is 0 Å². The van der Waals surface area contributed by atoms with Gasteiger partial charge >= 0.3 is 0 Å². The lowest BCUT2D eigenvalue weighted by Gasteiger charge is -2.26. The summed E-state index contributed by atoms with van der Waals surface area (Å²) >= 11 is 0. The number of nitrogens with zero attached hydrogens (tertiary/aromatic N) is 1. The summed E-state index contributed by atoms with van der Waals surface area (Å²) in [5.74, 6) is 0.897. The van der Waals surface area contributed by atoms with Gasteiger partial charge in [0.25, 0.3) is 0 Å². The van der Waals surface area contributed by atoms with Crippen molar-refractivity contribution in [2.45, 2.75) is 25.7 Å². The molecule has 0 aromatic heterocycles. The lowest BCUT2D eigenvalue weighted by molar-refractivity contribution is 0.183. The highest BCUT2D eigenvalue weighted by atomic mass is 35.5. The molecule has 0 atom stereocenters. The van der Waals surface area contributed by atoms with Crippen LogP contribution in [0.3, 0.4) is 0 Å². The normalized spacial score (nSPS) is 14.0. The van der Waals surface area contributed by atoms with Crippen LogP contribution in [0, 0.1) is 5.82 Å². The van der Waals surface area contributed by atoms with Gasteiger partial charge in [0.15, 0.2) is 0 Å². The predicted molar refractivity (Wildman–Crippen MR) is 143 cm³/mol. The van der Waals surface area contributed by atoms with Crippen molar-refractivity contribution in [3.8, 4) is 22.6 Å². The molecule has 0 saturated carbocycles. The summed E-state index contributed by atoms with van der Waals surface area (Å²) in [7, 11) is 0. The molecule has 0 bridgehead atoms. The first-order valence-electron chi connectivity index (χ1n) is 12.1. The standard InChI is InChI=1S/C30H30FNO2.ClH/c31-25-9-6-23(7-10-25)28-14-8-24-21-26(33)11-15-29(24)30(28)20-22-4-12-27(13-5-22)34-19-18-32-16-2-1-3-17-32;/h4-15,21,33H,1-3,16-20H2;1H. The number of hydrogen-bond acceptors (Lipinski definition) is 3. The Morgan fingerprint density at radius 2 is 1.57 bits per heavy atom. The molecule has 0 aliphatic carbocycles. The molecule has 35 heavy (non-hydrogen) atoms. The maximum absolute atomic E-state index is 13.5. The van der Waals surface area contributed by atoms with Gasteiger partial charge in [-0.15, -0.1) is 12.4 Å². The molecule has 1 aliphatic heterocycles. The van der Waals surface area contributed by atoms with Crippen molar-refractivity contribution in [3.05, 3.63) is 95.8 Å². The first kappa shape index (κ1) is 25.0. The lowest BCUT2D eigenvalue weighted by Crippen LogP contribution is -2.33. The Labute approximate surface area is 212 Å². The topological polar surface area (TPSA) is 32.7 Å². The monoisotopic (exact) mass is 491 g/mol. The predicted octanol–water partition coefficient (Wildman–Crippen LogP) is 7.23. The van der Waals surface area contributed by atoms with Crippen LogP contribution in [0.2, 0.25) is 0 Å². The first-order chi connectivity index (χ1) is 16.7. The number of likely N-dealkylation sites (tertiary alicyclic amines) is 1. The second-order valence-electron chi connectivity index (χ2n) is 9.08. The van der Waals surface area contributed by atoms with Gasteiger partial charge in [0.05, 0.1) is 0 Å². The maximum atomic E-state index is 13.5. The number of piperidine rings is 1. The fraction of sp³-hybridized carbons (Fsp3) is 0.267. The molecule has 5 heteroatoms. The molecule has 0 spiro atoms. The molecule has 3 nitrogen and oxygen atoms in total. The van der Waals surface area contributed by atoms with Crippen LogP contribution in [0.25, 0.3) is 21.9 Å². The van der Waals surface area contributed by atoms with E-state index < -0.39 is 0 Å². The molecule has 182 valence electrons. The van der Waals surface area contributed by atoms with Gasteiger partial charge in [-0.1, -0.05) is 48.9 Å². The Balaban J connectivity index is 0.00000289. The second-order valence-corrected chi connectivity index (χ2v) is 9.08. The van der Waals surface area contributed by atoms with Crippen LogP contribution in [0.1, 0.15) is 30.4 Å². The molecule has 0 radical (unpaired) electrons. The van der Waals surface area contributed by atoms with Gasteiger partial charge in [0.1, 0.15) is 23.9 Å². The number of phenolic OH excluding ortho intramolecular Hbond substituents is 1. The molecule has 5 rings (SSSR count). The highest BCUT2D eigenvalue weighted by Crippen LogP contribution is 2.34. The summed E-state index contributed by atoms with van der Waals surface area (Å²) in [4.78, 5) is 2.48. The molecule has 0 amide bonds. The zero-order valence-corrected chi connectivity index (χ0v) is 20.6. The SMILES string of the molecule is Cl.Oc1ccc2c(Cc3ccc(OCCN4CCCCC4)cc3)c(-c3ccc(F)cc3)ccc2c1. The number of benzene rings is 4. The van der Waals surface area contributed by atoms with Crippen molar-refractivity contribution in [2.24, 2.45) is 0 Å². The van der Waals surface area contributed by atoms with Crippen molar-refractivity contribution in [2.75, 3.05) is 26.2 Å². The van der Waals surface area contributed by atoms with Gasteiger partial charge < -0.3 is 9.84 Å². The fourth-order valence-corrected chi connectivity index (χ4v) is 4.86. The number of aromatic hydroxyl groups is 1. The molecular weight excluding hydrogens is 461 g/mol. The van der Waals surface area contributed by atoms with Crippen LogP contribution < -0.4 is 4.74 Å². The largest absolute Gasteiger partial charge is 0.508 e. The van der Waals surface area contributed by atoms with Crippen LogP contribution >= 0.6 is 12.4 Å². The summed E-state index contributed by atoms with van der Waals surface area (Å²) in [5.41, 5.74) is 4.37. The Morgan fingerprint density at radius 3 is 2.31 bits per heavy atom. The minimum atomic E-state index is -0.244. The minimum Gasteiger partial charge on any atom is -0.508 e. The van der Waals surface area contributed by atoms with Crippen LogP contribution in [0.5, 0.6) is 11.5 Å². The molecule has 1 saturated heterocycles. The Kier molecular flexibility index (Phi) is 8.27. The summed E-state index contributed by atoms with van der Waals surface area (Å²) < 4.78 is 19.5. The van der Waals surface area contributed by atoms with E-state index in [0.29, 0.717) is 6.61 Å². The summed E-state index contributed by atoms with van der Waals surface area (Å²) in [6, 6.07) is 24.5. The van der Waals surface area contributed by atoms with Crippen molar-refractivity contribution in [3.63, 3.8) is 0 Å². The highest BCUT2D eigenvalue weighted by Gasteiger charge is 2.12. The van der Waals surface area contributed by atoms with Gasteiger partial charge in [0, 0.05) is 6.54 Å². The average Bonchev–Trinajstić information content (AvgIpc) is 2.86. The van der Waals surface area contributed by atoms with Gasteiger partial charge in [-0.05, 0) is 102 Å². The highest BCUT2D eigenvalue weighted by molar-refractivity contribution is 5.93. The maximum Gasteiger partial charge on any atom is 0.123 e. The molecule has 4 aromatic rings. The van der Waals surface area contributed by atoms with Gasteiger partial charge in [0.2, 0.25) is 0 Å². The van der Waals surface area contributed by atoms with Crippen LogP contribution in [0.15, 0.2) is 78.9 Å². The van der Waals surface area contributed by atoms with Gasteiger partial charge in [-0.25, -0.2) is 4.39 Å². The van der Waals surface area contributed by atoms with E-state index in [0.717, 1.165) is 46.2 Å². The number of phenols is 1.